The lowest BCUT2D eigenvalue weighted by Gasteiger charge is -2.06. The minimum absolute atomic E-state index is 0.171. The van der Waals surface area contributed by atoms with E-state index in [2.05, 4.69) is 15.9 Å². The highest BCUT2D eigenvalue weighted by atomic mass is 79.9. The van der Waals surface area contributed by atoms with Crippen LogP contribution in [0, 0.1) is 13.8 Å². The number of hydrogen-bond donors (Lipinski definition) is 0. The first kappa shape index (κ1) is 12.9. The Morgan fingerprint density at radius 2 is 2.00 bits per heavy atom. The Hall–Kier alpha value is -1.55. The maximum absolute atomic E-state index is 12.3. The van der Waals surface area contributed by atoms with Crippen LogP contribution in [0.5, 0.6) is 5.75 Å². The Morgan fingerprint density at radius 3 is 2.56 bits per heavy atom. The number of carbonyl (C=O) groups excluding carboxylic acids is 1. The minimum atomic E-state index is -0.171. The molecule has 0 spiro atoms. The molecule has 18 heavy (non-hydrogen) atoms. The van der Waals surface area contributed by atoms with E-state index in [1.165, 1.54) is 7.11 Å². The van der Waals surface area contributed by atoms with Gasteiger partial charge in [0.05, 0.1) is 12.7 Å². The van der Waals surface area contributed by atoms with Crippen molar-refractivity contribution in [3.8, 4) is 5.75 Å². The smallest absolute Gasteiger partial charge is 0.231 e. The third-order valence-electron chi connectivity index (χ3n) is 2.80. The number of furan rings is 1. The van der Waals surface area contributed by atoms with Crippen LogP contribution in [0.25, 0.3) is 0 Å². The minimum Gasteiger partial charge on any atom is -0.496 e. The molecule has 0 radical (unpaired) electrons. The van der Waals surface area contributed by atoms with Crippen LogP contribution >= 0.6 is 15.9 Å². The molecule has 94 valence electrons. The summed E-state index contributed by atoms with van der Waals surface area (Å²) in [5.41, 5.74) is 1.46. The quantitative estimate of drug-likeness (QED) is 0.807. The molecule has 0 saturated heterocycles. The zero-order valence-electron chi connectivity index (χ0n) is 10.4. The monoisotopic (exact) mass is 308 g/mol. The molecule has 1 heterocycles. The van der Waals surface area contributed by atoms with Crippen LogP contribution in [0.1, 0.15) is 27.4 Å². The molecule has 0 aliphatic rings. The van der Waals surface area contributed by atoms with Gasteiger partial charge in [0.2, 0.25) is 5.78 Å². The fraction of sp³-hybridized carbons (Fsp3) is 0.214. The standard InChI is InChI=1S/C14H13BrO3/c1-8-6-13(18-9(8)2)14(16)11-5-4-10(15)7-12(11)17-3/h4-7H,1-3H3. The van der Waals surface area contributed by atoms with Crippen molar-refractivity contribution in [1.82, 2.24) is 0 Å². The molecular formula is C14H13BrO3. The van der Waals surface area contributed by atoms with Gasteiger partial charge in [0, 0.05) is 4.47 Å². The van der Waals surface area contributed by atoms with E-state index >= 15 is 0 Å². The lowest BCUT2D eigenvalue weighted by molar-refractivity contribution is 0.100. The van der Waals surface area contributed by atoms with Gasteiger partial charge in [-0.25, -0.2) is 0 Å². The number of methoxy groups -OCH3 is 1. The number of aryl methyl sites for hydroxylation is 2. The van der Waals surface area contributed by atoms with Gasteiger partial charge < -0.3 is 9.15 Å². The predicted molar refractivity (Wildman–Crippen MR) is 72.3 cm³/mol. The van der Waals surface area contributed by atoms with Crippen LogP contribution in [0.15, 0.2) is 33.2 Å². The van der Waals surface area contributed by atoms with Gasteiger partial charge in [-0.1, -0.05) is 15.9 Å². The number of hydrogen-bond acceptors (Lipinski definition) is 3. The highest BCUT2D eigenvalue weighted by Gasteiger charge is 2.18. The number of carbonyl (C=O) groups is 1. The van der Waals surface area contributed by atoms with Gasteiger partial charge >= 0.3 is 0 Å². The Kier molecular flexibility index (Phi) is 3.57. The lowest BCUT2D eigenvalue weighted by atomic mass is 10.1. The van der Waals surface area contributed by atoms with Crippen LogP contribution < -0.4 is 4.74 Å². The van der Waals surface area contributed by atoms with Crippen molar-refractivity contribution >= 4 is 21.7 Å². The highest BCUT2D eigenvalue weighted by molar-refractivity contribution is 9.10. The largest absolute Gasteiger partial charge is 0.496 e. The first-order chi connectivity index (χ1) is 8.52. The summed E-state index contributed by atoms with van der Waals surface area (Å²) in [5.74, 6) is 1.46. The third-order valence-corrected chi connectivity index (χ3v) is 3.29. The second-order valence-electron chi connectivity index (χ2n) is 4.02. The summed E-state index contributed by atoms with van der Waals surface area (Å²) >= 11 is 3.34. The van der Waals surface area contributed by atoms with Crippen LogP contribution in [-0.2, 0) is 0 Å². The van der Waals surface area contributed by atoms with E-state index in [9.17, 15) is 4.79 Å². The average molecular weight is 309 g/mol. The number of ketones is 1. The van der Waals surface area contributed by atoms with E-state index in [-0.39, 0.29) is 5.78 Å². The Labute approximate surface area is 114 Å². The molecule has 1 aromatic carbocycles. The Bertz CT molecular complexity index is 580. The first-order valence-corrected chi connectivity index (χ1v) is 6.27. The zero-order chi connectivity index (χ0) is 13.3. The number of ether oxygens (including phenoxy) is 1. The normalized spacial score (nSPS) is 10.4. The predicted octanol–water partition coefficient (Wildman–Crippen LogP) is 3.90. The number of halogens is 1. The topological polar surface area (TPSA) is 39.4 Å². The van der Waals surface area contributed by atoms with E-state index in [0.29, 0.717) is 17.1 Å². The van der Waals surface area contributed by atoms with Crippen LogP contribution in [0.3, 0.4) is 0 Å². The second kappa shape index (κ2) is 4.98. The van der Waals surface area contributed by atoms with Crippen molar-refractivity contribution in [2.75, 3.05) is 7.11 Å². The summed E-state index contributed by atoms with van der Waals surface area (Å²) in [6.45, 7) is 3.75. The fourth-order valence-electron chi connectivity index (χ4n) is 1.67. The van der Waals surface area contributed by atoms with Gasteiger partial charge in [0.1, 0.15) is 11.5 Å². The van der Waals surface area contributed by atoms with Crippen molar-refractivity contribution in [3.05, 3.63) is 51.4 Å². The van der Waals surface area contributed by atoms with Crippen LogP contribution in [0.2, 0.25) is 0 Å². The molecule has 3 nitrogen and oxygen atoms in total. The van der Waals surface area contributed by atoms with Gasteiger partial charge in [-0.05, 0) is 43.7 Å². The highest BCUT2D eigenvalue weighted by Crippen LogP contribution is 2.27. The molecule has 2 aromatic rings. The summed E-state index contributed by atoms with van der Waals surface area (Å²) in [6.07, 6.45) is 0. The maximum Gasteiger partial charge on any atom is 0.231 e. The zero-order valence-corrected chi connectivity index (χ0v) is 12.0. The van der Waals surface area contributed by atoms with Crippen molar-refractivity contribution in [2.24, 2.45) is 0 Å². The van der Waals surface area contributed by atoms with Gasteiger partial charge in [-0.3, -0.25) is 4.79 Å². The Balaban J connectivity index is 2.45. The van der Waals surface area contributed by atoms with Crippen molar-refractivity contribution in [1.29, 1.82) is 0 Å². The van der Waals surface area contributed by atoms with Crippen molar-refractivity contribution in [2.45, 2.75) is 13.8 Å². The van der Waals surface area contributed by atoms with Gasteiger partial charge in [-0.15, -0.1) is 0 Å². The summed E-state index contributed by atoms with van der Waals surface area (Å²) in [6, 6.07) is 7.03. The second-order valence-corrected chi connectivity index (χ2v) is 4.94. The third kappa shape index (κ3) is 2.34. The molecule has 0 atom stereocenters. The van der Waals surface area contributed by atoms with Gasteiger partial charge in [0.15, 0.2) is 5.76 Å². The van der Waals surface area contributed by atoms with E-state index in [4.69, 9.17) is 9.15 Å². The van der Waals surface area contributed by atoms with Gasteiger partial charge in [-0.2, -0.15) is 0 Å². The summed E-state index contributed by atoms with van der Waals surface area (Å²) in [7, 11) is 1.54. The molecule has 0 aliphatic carbocycles. The summed E-state index contributed by atoms with van der Waals surface area (Å²) in [4.78, 5) is 12.3. The molecule has 0 saturated carbocycles. The van der Waals surface area contributed by atoms with Crippen LogP contribution in [-0.4, -0.2) is 12.9 Å². The molecule has 0 aliphatic heterocycles. The molecule has 0 bridgehead atoms. The Morgan fingerprint density at radius 1 is 1.28 bits per heavy atom. The molecule has 4 heteroatoms. The van der Waals surface area contributed by atoms with Crippen molar-refractivity contribution in [3.63, 3.8) is 0 Å². The molecule has 0 N–H and O–H groups in total. The molecule has 2 rings (SSSR count). The molecule has 0 fully saturated rings. The van der Waals surface area contributed by atoms with E-state index in [0.717, 1.165) is 15.8 Å². The van der Waals surface area contributed by atoms with Gasteiger partial charge in [0.25, 0.3) is 0 Å². The van der Waals surface area contributed by atoms with E-state index < -0.39 is 0 Å². The summed E-state index contributed by atoms with van der Waals surface area (Å²) < 4.78 is 11.5. The molecule has 0 amide bonds. The fourth-order valence-corrected chi connectivity index (χ4v) is 2.01. The lowest BCUT2D eigenvalue weighted by Crippen LogP contribution is -2.02. The molecular weight excluding hydrogens is 296 g/mol. The number of benzene rings is 1. The molecule has 1 aromatic heterocycles. The summed E-state index contributed by atoms with van der Waals surface area (Å²) in [5, 5.41) is 0. The maximum atomic E-state index is 12.3. The van der Waals surface area contributed by atoms with E-state index in [1.54, 1.807) is 24.3 Å². The first-order valence-electron chi connectivity index (χ1n) is 5.48. The van der Waals surface area contributed by atoms with Crippen molar-refractivity contribution < 1.29 is 13.9 Å². The van der Waals surface area contributed by atoms with Crippen LogP contribution in [0.4, 0.5) is 0 Å². The average Bonchev–Trinajstić information content (AvgIpc) is 2.68. The van der Waals surface area contributed by atoms with E-state index in [1.807, 2.05) is 13.8 Å². The molecule has 0 unspecified atom stereocenters. The SMILES string of the molecule is COc1cc(Br)ccc1C(=O)c1cc(C)c(C)o1. The number of rotatable bonds is 3.